The summed E-state index contributed by atoms with van der Waals surface area (Å²) in [5.74, 6) is 0.0983. The molecule has 0 unspecified atom stereocenters. The molecule has 1 aromatic heterocycles. The number of carbonyl (C=O) groups excluding carboxylic acids is 1. The van der Waals surface area contributed by atoms with Crippen LogP contribution < -0.4 is 5.32 Å². The van der Waals surface area contributed by atoms with Gasteiger partial charge in [0.15, 0.2) is 0 Å². The number of nitrogens with zero attached hydrogens (tertiary/aromatic N) is 1. The van der Waals surface area contributed by atoms with Crippen LogP contribution in [0.15, 0.2) is 41.8 Å². The summed E-state index contributed by atoms with van der Waals surface area (Å²) < 4.78 is 0. The molecule has 0 bridgehead atoms. The van der Waals surface area contributed by atoms with Gasteiger partial charge in [-0.3, -0.25) is 9.69 Å². The van der Waals surface area contributed by atoms with Gasteiger partial charge in [-0.2, -0.15) is 0 Å². The Hall–Kier alpha value is -1.65. The number of rotatable bonds is 7. The molecule has 2 aromatic rings. The van der Waals surface area contributed by atoms with Crippen molar-refractivity contribution in [2.75, 3.05) is 12.4 Å². The number of anilines is 1. The Morgan fingerprint density at radius 3 is 2.72 bits per heavy atom. The van der Waals surface area contributed by atoms with Gasteiger partial charge in [0, 0.05) is 29.6 Å². The molecule has 1 N–H and O–H groups in total. The minimum atomic E-state index is 0.0983. The first-order valence-corrected chi connectivity index (χ1v) is 10.2. The van der Waals surface area contributed by atoms with Gasteiger partial charge in [-0.25, -0.2) is 0 Å². The molecule has 1 heterocycles. The fraction of sp³-hybridized carbons (Fsp3) is 0.476. The Morgan fingerprint density at radius 1 is 1.16 bits per heavy atom. The summed E-state index contributed by atoms with van der Waals surface area (Å²) in [6.45, 7) is 0.895. The molecule has 1 aliphatic rings. The van der Waals surface area contributed by atoms with E-state index in [-0.39, 0.29) is 5.91 Å². The molecule has 0 radical (unpaired) electrons. The van der Waals surface area contributed by atoms with Gasteiger partial charge < -0.3 is 5.32 Å². The van der Waals surface area contributed by atoms with E-state index in [1.165, 1.54) is 42.5 Å². The van der Waals surface area contributed by atoms with Gasteiger partial charge in [-0.1, -0.05) is 43.5 Å². The lowest BCUT2D eigenvalue weighted by Gasteiger charge is -2.31. The minimum absolute atomic E-state index is 0.0983. The first-order valence-electron chi connectivity index (χ1n) is 9.33. The van der Waals surface area contributed by atoms with Crippen LogP contribution in [-0.4, -0.2) is 23.9 Å². The zero-order valence-corrected chi connectivity index (χ0v) is 15.9. The number of carbonyl (C=O) groups is 1. The predicted molar refractivity (Wildman–Crippen MR) is 106 cm³/mol. The number of nitrogens with one attached hydrogen (secondary N) is 1. The Bertz CT molecular complexity index is 662. The maximum atomic E-state index is 12.3. The lowest BCUT2D eigenvalue weighted by molar-refractivity contribution is -0.116. The van der Waals surface area contributed by atoms with Crippen molar-refractivity contribution in [3.63, 3.8) is 0 Å². The summed E-state index contributed by atoms with van der Waals surface area (Å²) >= 11 is 1.71. The monoisotopic (exact) mass is 356 g/mol. The van der Waals surface area contributed by atoms with Gasteiger partial charge in [0.1, 0.15) is 0 Å². The summed E-state index contributed by atoms with van der Waals surface area (Å²) in [6.07, 6.45) is 8.01. The summed E-state index contributed by atoms with van der Waals surface area (Å²) in [4.78, 5) is 16.0. The largest absolute Gasteiger partial charge is 0.326 e. The van der Waals surface area contributed by atoms with Gasteiger partial charge in [0.25, 0.3) is 0 Å². The summed E-state index contributed by atoms with van der Waals surface area (Å²) in [5, 5.41) is 5.18. The standard InChI is InChI=1S/C21H28N2OS/c1-23(18-9-3-2-4-10-18)16-17-8-5-6-12-20(17)22-21(24)14-13-19-11-7-15-25-19/h5-8,11-12,15,18H,2-4,9-10,13-14,16H2,1H3,(H,22,24). The van der Waals surface area contributed by atoms with E-state index >= 15 is 0 Å². The van der Waals surface area contributed by atoms with Crippen LogP contribution in [-0.2, 0) is 17.8 Å². The second-order valence-corrected chi connectivity index (χ2v) is 8.02. The minimum Gasteiger partial charge on any atom is -0.326 e. The number of aryl methyl sites for hydroxylation is 1. The zero-order valence-electron chi connectivity index (χ0n) is 15.0. The van der Waals surface area contributed by atoms with Crippen LogP contribution in [0.3, 0.4) is 0 Å². The highest BCUT2D eigenvalue weighted by Crippen LogP contribution is 2.25. The molecule has 1 aliphatic carbocycles. The first-order chi connectivity index (χ1) is 12.2. The summed E-state index contributed by atoms with van der Waals surface area (Å²) in [7, 11) is 2.21. The third-order valence-electron chi connectivity index (χ3n) is 5.09. The number of hydrogen-bond acceptors (Lipinski definition) is 3. The van der Waals surface area contributed by atoms with Crippen molar-refractivity contribution in [1.29, 1.82) is 0 Å². The van der Waals surface area contributed by atoms with Crippen LogP contribution in [0.25, 0.3) is 0 Å². The molecule has 1 saturated carbocycles. The SMILES string of the molecule is CN(Cc1ccccc1NC(=O)CCc1cccs1)C1CCCCC1. The third kappa shape index (κ3) is 5.41. The molecule has 1 amide bonds. The molecule has 1 fully saturated rings. The smallest absolute Gasteiger partial charge is 0.224 e. The molecule has 1 aromatic carbocycles. The topological polar surface area (TPSA) is 32.3 Å². The van der Waals surface area contributed by atoms with E-state index < -0.39 is 0 Å². The number of amides is 1. The van der Waals surface area contributed by atoms with Gasteiger partial charge in [0.05, 0.1) is 0 Å². The lowest BCUT2D eigenvalue weighted by Crippen LogP contribution is -2.33. The molecule has 0 atom stereocenters. The number of thiophene rings is 1. The molecule has 0 aliphatic heterocycles. The van der Waals surface area contributed by atoms with E-state index in [1.54, 1.807) is 11.3 Å². The first kappa shape index (κ1) is 18.2. The van der Waals surface area contributed by atoms with Crippen LogP contribution in [0.1, 0.15) is 49.0 Å². The fourth-order valence-corrected chi connectivity index (χ4v) is 4.31. The Morgan fingerprint density at radius 2 is 1.96 bits per heavy atom. The van der Waals surface area contributed by atoms with E-state index in [1.807, 2.05) is 18.2 Å². The van der Waals surface area contributed by atoms with E-state index in [0.717, 1.165) is 18.7 Å². The van der Waals surface area contributed by atoms with Gasteiger partial charge >= 0.3 is 0 Å². The van der Waals surface area contributed by atoms with Gasteiger partial charge in [-0.15, -0.1) is 11.3 Å². The molecular weight excluding hydrogens is 328 g/mol. The van der Waals surface area contributed by atoms with Crippen molar-refractivity contribution in [1.82, 2.24) is 4.90 Å². The van der Waals surface area contributed by atoms with E-state index in [9.17, 15) is 4.79 Å². The van der Waals surface area contributed by atoms with Crippen molar-refractivity contribution in [2.45, 2.75) is 57.5 Å². The second-order valence-electron chi connectivity index (χ2n) is 6.99. The molecule has 3 rings (SSSR count). The molecule has 3 nitrogen and oxygen atoms in total. The number of hydrogen-bond donors (Lipinski definition) is 1. The van der Waals surface area contributed by atoms with Crippen molar-refractivity contribution in [3.05, 3.63) is 52.2 Å². The van der Waals surface area contributed by atoms with Crippen molar-refractivity contribution < 1.29 is 4.79 Å². The number of benzene rings is 1. The van der Waals surface area contributed by atoms with Gasteiger partial charge in [-0.05, 0) is 49.4 Å². The summed E-state index contributed by atoms with van der Waals surface area (Å²) in [6, 6.07) is 13.0. The molecule has 4 heteroatoms. The normalized spacial score (nSPS) is 15.4. The zero-order chi connectivity index (χ0) is 17.5. The maximum Gasteiger partial charge on any atom is 0.224 e. The lowest BCUT2D eigenvalue weighted by atomic mass is 9.94. The Kier molecular flexibility index (Phi) is 6.65. The highest BCUT2D eigenvalue weighted by atomic mass is 32.1. The highest BCUT2D eigenvalue weighted by Gasteiger charge is 2.19. The molecule has 25 heavy (non-hydrogen) atoms. The van der Waals surface area contributed by atoms with Crippen LogP contribution in [0, 0.1) is 0 Å². The van der Waals surface area contributed by atoms with Crippen LogP contribution in [0.4, 0.5) is 5.69 Å². The second kappa shape index (κ2) is 9.16. The third-order valence-corrected chi connectivity index (χ3v) is 6.02. The average Bonchev–Trinajstić information content (AvgIpc) is 3.16. The van der Waals surface area contributed by atoms with Crippen molar-refractivity contribution in [2.24, 2.45) is 0 Å². The quantitative estimate of drug-likeness (QED) is 0.750. The van der Waals surface area contributed by atoms with Crippen LogP contribution in [0.5, 0.6) is 0 Å². The molecular formula is C21H28N2OS. The molecule has 134 valence electrons. The van der Waals surface area contributed by atoms with E-state index in [0.29, 0.717) is 12.5 Å². The highest BCUT2D eigenvalue weighted by molar-refractivity contribution is 7.09. The fourth-order valence-electron chi connectivity index (χ4n) is 3.60. The molecule has 0 saturated heterocycles. The van der Waals surface area contributed by atoms with Crippen LogP contribution >= 0.6 is 11.3 Å². The maximum absolute atomic E-state index is 12.3. The van der Waals surface area contributed by atoms with Crippen LogP contribution in [0.2, 0.25) is 0 Å². The van der Waals surface area contributed by atoms with E-state index in [4.69, 9.17) is 0 Å². The Balaban J connectivity index is 1.57. The average molecular weight is 357 g/mol. The summed E-state index contributed by atoms with van der Waals surface area (Å²) in [5.41, 5.74) is 2.17. The van der Waals surface area contributed by atoms with E-state index in [2.05, 4.69) is 40.8 Å². The molecule has 0 spiro atoms. The predicted octanol–water partition coefficient (Wildman–Crippen LogP) is 5.08. The number of para-hydroxylation sites is 1. The Labute approximate surface area is 155 Å². The van der Waals surface area contributed by atoms with Crippen molar-refractivity contribution >= 4 is 22.9 Å². The van der Waals surface area contributed by atoms with Gasteiger partial charge in [0.2, 0.25) is 5.91 Å². The van der Waals surface area contributed by atoms with Crippen molar-refractivity contribution in [3.8, 4) is 0 Å².